The van der Waals surface area contributed by atoms with Gasteiger partial charge in [0.25, 0.3) is 5.91 Å². The number of piperidine rings is 1. The number of hydrogen-bond acceptors (Lipinski definition) is 5. The number of rotatable bonds is 4. The summed E-state index contributed by atoms with van der Waals surface area (Å²) >= 11 is 13.7. The van der Waals surface area contributed by atoms with Gasteiger partial charge in [0, 0.05) is 28.4 Å². The molecule has 1 saturated heterocycles. The lowest BCUT2D eigenvalue weighted by molar-refractivity contribution is 0.0996. The van der Waals surface area contributed by atoms with Crippen LogP contribution in [0, 0.1) is 5.92 Å². The number of thiophene rings is 1. The van der Waals surface area contributed by atoms with E-state index in [0.717, 1.165) is 58.6 Å². The molecule has 1 aromatic carbocycles. The van der Waals surface area contributed by atoms with E-state index in [0.29, 0.717) is 10.9 Å². The highest BCUT2D eigenvalue weighted by molar-refractivity contribution is 7.22. The molecule has 0 radical (unpaired) electrons. The number of halogens is 2. The summed E-state index contributed by atoms with van der Waals surface area (Å²) in [7, 11) is 0. The van der Waals surface area contributed by atoms with Gasteiger partial charge in [-0.25, -0.2) is 4.42 Å². The van der Waals surface area contributed by atoms with Gasteiger partial charge in [-0.2, -0.15) is 5.10 Å². The van der Waals surface area contributed by atoms with Crippen molar-refractivity contribution < 1.29 is 4.79 Å². The Kier molecular flexibility index (Phi) is 5.32. The number of carbonyl (C=O) groups excluding carboxylic acids is 1. The Bertz CT molecular complexity index is 989. The lowest BCUT2D eigenvalue weighted by Gasteiger charge is -2.27. The van der Waals surface area contributed by atoms with E-state index in [1.807, 2.05) is 28.7 Å². The van der Waals surface area contributed by atoms with Crippen LogP contribution in [0.3, 0.4) is 0 Å². The van der Waals surface area contributed by atoms with E-state index in [1.54, 1.807) is 0 Å². The van der Waals surface area contributed by atoms with Crippen LogP contribution in [-0.4, -0.2) is 33.6 Å². The van der Waals surface area contributed by atoms with Crippen LogP contribution in [0.1, 0.15) is 29.0 Å². The molecule has 0 aliphatic carbocycles. The lowest BCUT2D eigenvalue weighted by atomic mass is 9.93. The van der Waals surface area contributed by atoms with E-state index in [2.05, 4.69) is 16.3 Å². The largest absolute Gasteiger partial charge is 0.364 e. The van der Waals surface area contributed by atoms with Crippen LogP contribution in [0.15, 0.2) is 30.3 Å². The molecular weight excluding hydrogens is 403 g/mol. The van der Waals surface area contributed by atoms with E-state index in [4.69, 9.17) is 29.1 Å². The lowest BCUT2D eigenvalue weighted by Crippen LogP contribution is -2.29. The summed E-state index contributed by atoms with van der Waals surface area (Å²) in [5.41, 5.74) is 7.67. The van der Waals surface area contributed by atoms with Crippen LogP contribution < -0.4 is 5.73 Å². The maximum Gasteiger partial charge on any atom is 0.270 e. The molecule has 4 rings (SSSR count). The molecule has 0 bridgehead atoms. The highest BCUT2D eigenvalue weighted by Crippen LogP contribution is 2.37. The molecule has 1 atom stereocenters. The Labute approximate surface area is 171 Å². The molecular formula is C19H18Cl2N4OS. The van der Waals surface area contributed by atoms with Crippen molar-refractivity contribution in [3.63, 3.8) is 0 Å². The third-order valence-corrected chi connectivity index (χ3v) is 6.59. The van der Waals surface area contributed by atoms with Crippen molar-refractivity contribution >= 4 is 50.7 Å². The van der Waals surface area contributed by atoms with E-state index in [-0.39, 0.29) is 5.69 Å². The van der Waals surface area contributed by atoms with Crippen molar-refractivity contribution in [1.29, 1.82) is 0 Å². The maximum atomic E-state index is 11.8. The number of nitrogens with two attached hydrogens (primary N) is 1. The van der Waals surface area contributed by atoms with Gasteiger partial charge in [-0.05, 0) is 60.7 Å². The van der Waals surface area contributed by atoms with Crippen LogP contribution in [0.25, 0.3) is 20.5 Å². The van der Waals surface area contributed by atoms with Gasteiger partial charge in [-0.15, -0.1) is 16.4 Å². The molecule has 2 aromatic heterocycles. The molecule has 3 heterocycles. The number of aromatic nitrogens is 2. The molecule has 8 heteroatoms. The second-order valence-electron chi connectivity index (χ2n) is 6.80. The minimum Gasteiger partial charge on any atom is -0.364 e. The van der Waals surface area contributed by atoms with Gasteiger partial charge < -0.3 is 5.73 Å². The summed E-state index contributed by atoms with van der Waals surface area (Å²) in [6.45, 7) is 1.75. The van der Waals surface area contributed by atoms with Crippen molar-refractivity contribution in [3.05, 3.63) is 46.7 Å². The van der Waals surface area contributed by atoms with Gasteiger partial charge in [0.2, 0.25) is 0 Å². The zero-order valence-electron chi connectivity index (χ0n) is 14.5. The second kappa shape index (κ2) is 7.72. The number of primary amides is 1. The highest BCUT2D eigenvalue weighted by Gasteiger charge is 2.23. The standard InChI is InChI=1S/C19H18Cl2N4OS/c20-13-5-3-12(4-6-13)16-9-14-15(8-11-2-1-7-25(21)10-11)23-24-17(19(22)26)18(14)27-16/h3-6,9,11H,1-2,7-8,10H2,(H2,22,26). The number of benzene rings is 1. The molecule has 3 aromatic rings. The Balaban J connectivity index is 1.76. The third kappa shape index (κ3) is 3.94. The average molecular weight is 421 g/mol. The summed E-state index contributed by atoms with van der Waals surface area (Å²) in [4.78, 5) is 12.9. The summed E-state index contributed by atoms with van der Waals surface area (Å²) in [5.74, 6) is -0.139. The van der Waals surface area contributed by atoms with Crippen molar-refractivity contribution in [3.8, 4) is 10.4 Å². The van der Waals surface area contributed by atoms with Crippen LogP contribution in [0.5, 0.6) is 0 Å². The smallest absolute Gasteiger partial charge is 0.270 e. The van der Waals surface area contributed by atoms with Crippen LogP contribution in [-0.2, 0) is 6.42 Å². The predicted molar refractivity (Wildman–Crippen MR) is 110 cm³/mol. The summed E-state index contributed by atoms with van der Waals surface area (Å²) in [5, 5.41) is 10.1. The summed E-state index contributed by atoms with van der Waals surface area (Å²) < 4.78 is 2.62. The molecule has 1 amide bonds. The Morgan fingerprint density at radius 3 is 2.78 bits per heavy atom. The van der Waals surface area contributed by atoms with E-state index in [9.17, 15) is 4.79 Å². The monoisotopic (exact) mass is 420 g/mol. The Morgan fingerprint density at radius 2 is 2.07 bits per heavy atom. The minimum atomic E-state index is -0.562. The molecule has 140 valence electrons. The normalized spacial score (nSPS) is 18.1. The molecule has 0 saturated carbocycles. The Hall–Kier alpha value is -1.73. The topological polar surface area (TPSA) is 72.1 Å². The molecule has 0 spiro atoms. The van der Waals surface area contributed by atoms with Gasteiger partial charge >= 0.3 is 0 Å². The zero-order valence-corrected chi connectivity index (χ0v) is 16.8. The first-order valence-electron chi connectivity index (χ1n) is 8.77. The number of hydrogen-bond donors (Lipinski definition) is 1. The quantitative estimate of drug-likeness (QED) is 0.629. The fourth-order valence-electron chi connectivity index (χ4n) is 3.51. The predicted octanol–water partition coefficient (Wildman–Crippen LogP) is 4.52. The van der Waals surface area contributed by atoms with Gasteiger partial charge in [-0.3, -0.25) is 4.79 Å². The first-order valence-corrected chi connectivity index (χ1v) is 10.3. The molecule has 2 N–H and O–H groups in total. The van der Waals surface area contributed by atoms with Gasteiger partial charge in [-0.1, -0.05) is 23.7 Å². The zero-order chi connectivity index (χ0) is 19.0. The second-order valence-corrected chi connectivity index (χ2v) is 8.77. The van der Waals surface area contributed by atoms with E-state index < -0.39 is 5.91 Å². The van der Waals surface area contributed by atoms with Gasteiger partial charge in [0.1, 0.15) is 0 Å². The number of carbonyl (C=O) groups is 1. The summed E-state index contributed by atoms with van der Waals surface area (Å²) in [6, 6.07) is 9.70. The first kappa shape index (κ1) is 18.6. The van der Waals surface area contributed by atoms with Crippen molar-refractivity contribution in [2.45, 2.75) is 19.3 Å². The first-order chi connectivity index (χ1) is 13.0. The Morgan fingerprint density at radius 1 is 1.30 bits per heavy atom. The molecule has 27 heavy (non-hydrogen) atoms. The minimum absolute atomic E-state index is 0.224. The van der Waals surface area contributed by atoms with Crippen molar-refractivity contribution in [2.24, 2.45) is 11.7 Å². The van der Waals surface area contributed by atoms with Gasteiger partial charge in [0.15, 0.2) is 5.69 Å². The number of amides is 1. The molecule has 1 fully saturated rings. The van der Waals surface area contributed by atoms with E-state index in [1.165, 1.54) is 11.3 Å². The van der Waals surface area contributed by atoms with E-state index >= 15 is 0 Å². The fourth-order valence-corrected chi connectivity index (χ4v) is 5.13. The molecule has 5 nitrogen and oxygen atoms in total. The fraction of sp³-hybridized carbons (Fsp3) is 0.316. The summed E-state index contributed by atoms with van der Waals surface area (Å²) in [6.07, 6.45) is 2.96. The number of nitrogens with zero attached hydrogens (tertiary/aromatic N) is 3. The molecule has 1 aliphatic rings. The number of fused-ring (bicyclic) bond motifs is 1. The van der Waals surface area contributed by atoms with Crippen molar-refractivity contribution in [1.82, 2.24) is 14.6 Å². The van der Waals surface area contributed by atoms with Crippen LogP contribution in [0.4, 0.5) is 0 Å². The van der Waals surface area contributed by atoms with Crippen molar-refractivity contribution in [2.75, 3.05) is 13.1 Å². The van der Waals surface area contributed by atoms with Crippen LogP contribution in [0.2, 0.25) is 5.02 Å². The molecule has 1 aliphatic heterocycles. The SMILES string of the molecule is NC(=O)c1nnc(CC2CCCN(Cl)C2)c2cc(-c3ccc(Cl)cc3)sc12. The highest BCUT2D eigenvalue weighted by atomic mass is 35.5. The van der Waals surface area contributed by atoms with Crippen LogP contribution >= 0.6 is 34.7 Å². The van der Waals surface area contributed by atoms with Gasteiger partial charge in [0.05, 0.1) is 10.4 Å². The maximum absolute atomic E-state index is 11.8. The average Bonchev–Trinajstić information content (AvgIpc) is 3.08. The third-order valence-electron chi connectivity index (χ3n) is 4.84. The molecule has 1 unspecified atom stereocenters.